The Bertz CT molecular complexity index is 670. The molecule has 3 aliphatic rings. The summed E-state index contributed by atoms with van der Waals surface area (Å²) in [4.78, 5) is 26.2. The van der Waals surface area contributed by atoms with Crippen molar-refractivity contribution in [1.82, 2.24) is 0 Å². The minimum atomic E-state index is -0.931. The summed E-state index contributed by atoms with van der Waals surface area (Å²) < 4.78 is 23.8. The summed E-state index contributed by atoms with van der Waals surface area (Å²) in [6, 6.07) is 0. The standard InChI is InChI=1S/C23H38O7/c1-11-9-23(10-27-23)20(25)13(3)17(24)12(2)16(6)28-21(26)15(5)19-14(4)18(11)29-22(7,8)30-19/h11-19,24H,9-10H2,1-8H3/t11-,12-,13+,14+,15+,16+,17?,18-,19-,23+/m0/s1. The summed E-state index contributed by atoms with van der Waals surface area (Å²) >= 11 is 0. The minimum absolute atomic E-state index is 0.00368. The molecule has 10 atom stereocenters. The minimum Gasteiger partial charge on any atom is -0.462 e. The van der Waals surface area contributed by atoms with Crippen LogP contribution in [0, 0.1) is 29.6 Å². The molecule has 0 aromatic heterocycles. The van der Waals surface area contributed by atoms with Crippen molar-refractivity contribution < 1.29 is 33.6 Å². The third kappa shape index (κ3) is 4.31. The van der Waals surface area contributed by atoms with E-state index in [4.69, 9.17) is 18.9 Å². The van der Waals surface area contributed by atoms with E-state index in [1.165, 1.54) is 0 Å². The van der Waals surface area contributed by atoms with Gasteiger partial charge in [-0.05, 0) is 40.0 Å². The highest BCUT2D eigenvalue weighted by molar-refractivity contribution is 5.92. The second-order valence-electron chi connectivity index (χ2n) is 10.3. The van der Waals surface area contributed by atoms with Crippen molar-refractivity contribution in [2.45, 2.75) is 97.6 Å². The van der Waals surface area contributed by atoms with E-state index in [9.17, 15) is 14.7 Å². The summed E-state index contributed by atoms with van der Waals surface area (Å²) in [7, 11) is 0. The molecular formula is C23H38O7. The average molecular weight is 427 g/mol. The maximum Gasteiger partial charge on any atom is 0.311 e. The first kappa shape index (κ1) is 23.6. The van der Waals surface area contributed by atoms with Gasteiger partial charge in [-0.2, -0.15) is 0 Å². The lowest BCUT2D eigenvalue weighted by Gasteiger charge is -2.48. The van der Waals surface area contributed by atoms with Crippen LogP contribution in [0.15, 0.2) is 0 Å². The summed E-state index contributed by atoms with van der Waals surface area (Å²) in [6.45, 7) is 15.3. The highest BCUT2D eigenvalue weighted by Crippen LogP contribution is 2.44. The number of aliphatic hydroxyl groups excluding tert-OH is 1. The number of hydrogen-bond donors (Lipinski definition) is 1. The molecule has 2 bridgehead atoms. The Labute approximate surface area is 179 Å². The molecule has 0 aromatic rings. The fraction of sp³-hybridized carbons (Fsp3) is 0.913. The molecule has 3 rings (SSSR count). The summed E-state index contributed by atoms with van der Waals surface area (Å²) in [5, 5.41) is 10.8. The molecule has 172 valence electrons. The lowest BCUT2D eigenvalue weighted by atomic mass is 9.76. The van der Waals surface area contributed by atoms with Gasteiger partial charge in [0.15, 0.2) is 17.2 Å². The fourth-order valence-electron chi connectivity index (χ4n) is 5.20. The number of fused-ring (bicyclic) bond motifs is 2. The summed E-state index contributed by atoms with van der Waals surface area (Å²) in [5.41, 5.74) is -0.865. The molecule has 30 heavy (non-hydrogen) atoms. The van der Waals surface area contributed by atoms with E-state index in [-0.39, 0.29) is 35.8 Å². The van der Waals surface area contributed by atoms with Gasteiger partial charge in [0.1, 0.15) is 6.10 Å². The molecule has 3 heterocycles. The molecule has 7 nitrogen and oxygen atoms in total. The van der Waals surface area contributed by atoms with Crippen molar-refractivity contribution in [1.29, 1.82) is 0 Å². The van der Waals surface area contributed by atoms with E-state index < -0.39 is 41.3 Å². The Morgan fingerprint density at radius 1 is 0.900 bits per heavy atom. The maximum atomic E-state index is 13.2. The molecular weight excluding hydrogens is 388 g/mol. The van der Waals surface area contributed by atoms with Crippen LogP contribution < -0.4 is 0 Å². The predicted octanol–water partition coefficient (Wildman–Crippen LogP) is 2.72. The number of esters is 1. The van der Waals surface area contributed by atoms with Crippen LogP contribution in [0.4, 0.5) is 0 Å². The molecule has 1 unspecified atom stereocenters. The normalized spacial score (nSPS) is 50.0. The molecule has 3 aliphatic heterocycles. The molecule has 0 aliphatic carbocycles. The quantitative estimate of drug-likeness (QED) is 0.470. The number of rotatable bonds is 0. The summed E-state index contributed by atoms with van der Waals surface area (Å²) in [6.07, 6.45) is -1.54. The van der Waals surface area contributed by atoms with E-state index in [0.29, 0.717) is 13.0 Å². The van der Waals surface area contributed by atoms with Gasteiger partial charge < -0.3 is 24.1 Å². The van der Waals surface area contributed by atoms with Crippen molar-refractivity contribution >= 4 is 11.8 Å². The molecule has 0 radical (unpaired) electrons. The smallest absolute Gasteiger partial charge is 0.311 e. The van der Waals surface area contributed by atoms with Gasteiger partial charge in [0, 0.05) is 17.8 Å². The summed E-state index contributed by atoms with van der Waals surface area (Å²) in [5.74, 6) is -2.87. The molecule has 3 saturated heterocycles. The van der Waals surface area contributed by atoms with Crippen LogP contribution in [0.25, 0.3) is 0 Å². The molecule has 3 fully saturated rings. The largest absolute Gasteiger partial charge is 0.462 e. The second kappa shape index (κ2) is 8.15. The van der Waals surface area contributed by atoms with E-state index in [1.807, 2.05) is 27.7 Å². The fourth-order valence-corrected chi connectivity index (χ4v) is 5.20. The number of epoxide rings is 1. The maximum absolute atomic E-state index is 13.2. The highest BCUT2D eigenvalue weighted by atomic mass is 16.7. The van der Waals surface area contributed by atoms with Crippen LogP contribution in [0.5, 0.6) is 0 Å². The number of hydrogen-bond acceptors (Lipinski definition) is 7. The van der Waals surface area contributed by atoms with Gasteiger partial charge in [-0.1, -0.05) is 27.7 Å². The van der Waals surface area contributed by atoms with E-state index in [2.05, 4.69) is 6.92 Å². The van der Waals surface area contributed by atoms with Crippen LogP contribution in [0.2, 0.25) is 0 Å². The molecule has 0 amide bonds. The van der Waals surface area contributed by atoms with E-state index in [1.54, 1.807) is 20.8 Å². The lowest BCUT2D eigenvalue weighted by molar-refractivity contribution is -0.334. The third-order valence-corrected chi connectivity index (χ3v) is 7.40. The zero-order valence-electron chi connectivity index (χ0n) is 19.5. The van der Waals surface area contributed by atoms with Gasteiger partial charge in [0.05, 0.1) is 30.8 Å². The Kier molecular flexibility index (Phi) is 6.42. The predicted molar refractivity (Wildman–Crippen MR) is 110 cm³/mol. The number of carbonyl (C=O) groups is 2. The van der Waals surface area contributed by atoms with Gasteiger partial charge >= 0.3 is 5.97 Å². The van der Waals surface area contributed by atoms with Crippen molar-refractivity contribution in [3.63, 3.8) is 0 Å². The number of cyclic esters (lactones) is 1. The van der Waals surface area contributed by atoms with Crippen LogP contribution in [-0.2, 0) is 28.5 Å². The molecule has 1 spiro atoms. The van der Waals surface area contributed by atoms with Crippen molar-refractivity contribution in [2.75, 3.05) is 6.61 Å². The van der Waals surface area contributed by atoms with Crippen LogP contribution >= 0.6 is 0 Å². The number of aliphatic hydroxyl groups is 1. The SMILES string of the molecule is C[C@@H]1[C@H]2OC(C)(C)O[C@@H]1[C@@H](C)C(=O)O[C@H](C)[C@H](C)C(O)[C@@H](C)C(=O)[C@]1(CO1)C[C@@H]2C. The zero-order valence-corrected chi connectivity index (χ0v) is 19.5. The monoisotopic (exact) mass is 426 g/mol. The number of carbonyl (C=O) groups excluding carboxylic acids is 2. The second-order valence-corrected chi connectivity index (χ2v) is 10.3. The lowest BCUT2D eigenvalue weighted by Crippen LogP contribution is -2.56. The van der Waals surface area contributed by atoms with Crippen molar-refractivity contribution in [2.24, 2.45) is 29.6 Å². The van der Waals surface area contributed by atoms with Gasteiger partial charge in [-0.15, -0.1) is 0 Å². The Balaban J connectivity index is 1.97. The first-order valence-electron chi connectivity index (χ1n) is 11.2. The Morgan fingerprint density at radius 2 is 1.47 bits per heavy atom. The Morgan fingerprint density at radius 3 is 2.03 bits per heavy atom. The first-order chi connectivity index (χ1) is 13.8. The average Bonchev–Trinajstić information content (AvgIpc) is 3.46. The van der Waals surface area contributed by atoms with Crippen LogP contribution in [0.1, 0.15) is 61.8 Å². The van der Waals surface area contributed by atoms with E-state index >= 15 is 0 Å². The number of ketones is 1. The van der Waals surface area contributed by atoms with Gasteiger partial charge in [0.25, 0.3) is 0 Å². The molecule has 0 aromatic carbocycles. The van der Waals surface area contributed by atoms with Gasteiger partial charge in [0.2, 0.25) is 0 Å². The first-order valence-corrected chi connectivity index (χ1v) is 11.2. The van der Waals surface area contributed by atoms with Crippen LogP contribution in [-0.4, -0.2) is 59.3 Å². The van der Waals surface area contributed by atoms with Crippen molar-refractivity contribution in [3.8, 4) is 0 Å². The van der Waals surface area contributed by atoms with Gasteiger partial charge in [-0.3, -0.25) is 9.59 Å². The number of ether oxygens (including phenoxy) is 4. The molecule has 1 N–H and O–H groups in total. The number of Topliss-reactive ketones (excluding diaryl/α,β-unsaturated/α-hetero) is 1. The third-order valence-electron chi connectivity index (χ3n) is 7.40. The molecule has 7 heteroatoms. The Hall–Kier alpha value is -1.02. The molecule has 0 saturated carbocycles. The zero-order chi connectivity index (χ0) is 22.6. The van der Waals surface area contributed by atoms with Crippen LogP contribution in [0.3, 0.4) is 0 Å². The topological polar surface area (TPSA) is 94.6 Å². The highest BCUT2D eigenvalue weighted by Gasteiger charge is 2.57. The van der Waals surface area contributed by atoms with Gasteiger partial charge in [-0.25, -0.2) is 0 Å². The van der Waals surface area contributed by atoms with Crippen molar-refractivity contribution in [3.05, 3.63) is 0 Å². The van der Waals surface area contributed by atoms with E-state index in [0.717, 1.165) is 0 Å².